The predicted octanol–water partition coefficient (Wildman–Crippen LogP) is 6.27. The van der Waals surface area contributed by atoms with Crippen LogP contribution in [-0.2, 0) is 17.5 Å². The first-order valence-electron chi connectivity index (χ1n) is 12.3. The summed E-state index contributed by atoms with van der Waals surface area (Å²) in [6, 6.07) is 8.56. The third-order valence-electron chi connectivity index (χ3n) is 6.67. The molecule has 0 unspecified atom stereocenters. The molecule has 37 heavy (non-hydrogen) atoms. The van der Waals surface area contributed by atoms with Crippen molar-refractivity contribution in [1.82, 2.24) is 4.90 Å². The zero-order chi connectivity index (χ0) is 26.2. The van der Waals surface area contributed by atoms with E-state index in [4.69, 9.17) is 18.6 Å². The number of hydrogen-bond acceptors (Lipinski definition) is 7. The van der Waals surface area contributed by atoms with Gasteiger partial charge < -0.3 is 18.6 Å². The van der Waals surface area contributed by atoms with Crippen LogP contribution in [0.1, 0.15) is 60.7 Å². The van der Waals surface area contributed by atoms with Crippen LogP contribution in [0.4, 0.5) is 13.2 Å². The monoisotopic (exact) mass is 517 g/mol. The lowest BCUT2D eigenvalue weighted by Crippen LogP contribution is -2.39. The fraction of sp³-hybridized carbons (Fsp3) is 0.407. The number of hydrogen-bond donors (Lipinski definition) is 0. The van der Waals surface area contributed by atoms with E-state index in [1.807, 2.05) is 6.92 Å². The molecule has 0 radical (unpaired) electrons. The van der Waals surface area contributed by atoms with Crippen molar-refractivity contribution in [3.8, 4) is 17.2 Å². The summed E-state index contributed by atoms with van der Waals surface area (Å²) in [5.74, 6) is -2.71. The van der Waals surface area contributed by atoms with Gasteiger partial charge in [-0.2, -0.15) is 13.2 Å². The number of carbonyl (C=O) groups is 1. The zero-order valence-corrected chi connectivity index (χ0v) is 20.2. The van der Waals surface area contributed by atoms with Crippen LogP contribution >= 0.6 is 0 Å². The van der Waals surface area contributed by atoms with Crippen molar-refractivity contribution >= 4 is 16.9 Å². The summed E-state index contributed by atoms with van der Waals surface area (Å²) in [6.07, 6.45) is -0.158. The van der Waals surface area contributed by atoms with Crippen molar-refractivity contribution in [2.75, 3.05) is 13.3 Å². The highest BCUT2D eigenvalue weighted by Gasteiger charge is 2.41. The number of alkyl halides is 3. The number of fused-ring (bicyclic) bond motifs is 3. The molecule has 3 aromatic rings. The fourth-order valence-electron chi connectivity index (χ4n) is 4.80. The Kier molecular flexibility index (Phi) is 6.85. The van der Waals surface area contributed by atoms with Gasteiger partial charge in [-0.25, -0.2) is 4.79 Å². The average molecular weight is 518 g/mol. The highest BCUT2D eigenvalue weighted by molar-refractivity contribution is 5.89. The second-order valence-corrected chi connectivity index (χ2v) is 9.23. The van der Waals surface area contributed by atoms with Gasteiger partial charge in [-0.05, 0) is 55.7 Å². The maximum Gasteiger partial charge on any atom is 0.453 e. The van der Waals surface area contributed by atoms with Gasteiger partial charge in [0.25, 0.3) is 5.76 Å². The lowest BCUT2D eigenvalue weighted by molar-refractivity contribution is -0.154. The highest BCUT2D eigenvalue weighted by atomic mass is 19.4. The summed E-state index contributed by atoms with van der Waals surface area (Å²) >= 11 is 0. The summed E-state index contributed by atoms with van der Waals surface area (Å²) < 4.78 is 63.9. The van der Waals surface area contributed by atoms with E-state index in [1.54, 1.807) is 6.07 Å². The van der Waals surface area contributed by atoms with Crippen LogP contribution in [0.2, 0.25) is 0 Å². The summed E-state index contributed by atoms with van der Waals surface area (Å²) in [6.45, 7) is 2.76. The number of esters is 1. The third kappa shape index (κ3) is 5.02. The molecule has 0 saturated heterocycles. The van der Waals surface area contributed by atoms with Gasteiger partial charge in [0.1, 0.15) is 23.8 Å². The zero-order valence-electron chi connectivity index (χ0n) is 20.2. The Morgan fingerprint density at radius 3 is 2.51 bits per heavy atom. The molecule has 1 aliphatic carbocycles. The maximum atomic E-state index is 14.1. The molecule has 5 rings (SSSR count). The molecule has 1 fully saturated rings. The predicted molar refractivity (Wildman–Crippen MR) is 128 cm³/mol. The molecule has 0 spiro atoms. The van der Waals surface area contributed by atoms with Crippen molar-refractivity contribution < 1.29 is 36.6 Å². The number of rotatable bonds is 6. The van der Waals surface area contributed by atoms with E-state index >= 15 is 0 Å². The Hall–Kier alpha value is -3.53. The van der Waals surface area contributed by atoms with Gasteiger partial charge in [-0.1, -0.05) is 19.8 Å². The summed E-state index contributed by atoms with van der Waals surface area (Å²) in [5, 5.41) is -0.0293. The minimum Gasteiger partial charge on any atom is -0.478 e. The lowest BCUT2D eigenvalue weighted by atomic mass is 10.1. The van der Waals surface area contributed by atoms with Gasteiger partial charge in [0, 0.05) is 12.6 Å². The normalized spacial score (nSPS) is 16.4. The van der Waals surface area contributed by atoms with E-state index in [9.17, 15) is 22.8 Å². The van der Waals surface area contributed by atoms with Gasteiger partial charge in [-0.15, -0.1) is 0 Å². The molecule has 196 valence electrons. The van der Waals surface area contributed by atoms with Gasteiger partial charge in [-0.3, -0.25) is 9.69 Å². The second-order valence-electron chi connectivity index (χ2n) is 9.23. The topological polar surface area (TPSA) is 78.2 Å². The van der Waals surface area contributed by atoms with Crippen molar-refractivity contribution in [3.63, 3.8) is 0 Å². The second kappa shape index (κ2) is 10.1. The molecule has 2 heterocycles. The molecular weight excluding hydrogens is 491 g/mol. The van der Waals surface area contributed by atoms with Crippen LogP contribution in [0, 0.1) is 0 Å². The van der Waals surface area contributed by atoms with Crippen LogP contribution in [-0.4, -0.2) is 30.2 Å². The van der Waals surface area contributed by atoms with Gasteiger partial charge in [0.2, 0.25) is 11.2 Å². The molecule has 0 N–H and O–H groups in total. The molecule has 0 atom stereocenters. The first kappa shape index (κ1) is 25.1. The van der Waals surface area contributed by atoms with Gasteiger partial charge >= 0.3 is 12.1 Å². The van der Waals surface area contributed by atoms with E-state index < -0.39 is 29.1 Å². The van der Waals surface area contributed by atoms with Gasteiger partial charge in [0.15, 0.2) is 0 Å². The van der Waals surface area contributed by atoms with Crippen molar-refractivity contribution in [2.24, 2.45) is 0 Å². The van der Waals surface area contributed by atoms with E-state index in [1.165, 1.54) is 30.3 Å². The van der Waals surface area contributed by atoms with Crippen molar-refractivity contribution in [1.29, 1.82) is 0 Å². The van der Waals surface area contributed by atoms with Crippen LogP contribution in [0.5, 0.6) is 17.2 Å². The average Bonchev–Trinajstić information content (AvgIpc) is 3.43. The van der Waals surface area contributed by atoms with E-state index in [0.29, 0.717) is 31.0 Å². The number of nitrogens with zero attached hydrogens (tertiary/aromatic N) is 1. The minimum absolute atomic E-state index is 0.0293. The largest absolute Gasteiger partial charge is 0.478 e. The van der Waals surface area contributed by atoms with Crippen LogP contribution < -0.4 is 14.9 Å². The summed E-state index contributed by atoms with van der Waals surface area (Å²) in [7, 11) is 0. The smallest absolute Gasteiger partial charge is 0.453 e. The molecule has 0 bridgehead atoms. The first-order valence-corrected chi connectivity index (χ1v) is 12.3. The number of carbonyl (C=O) groups excluding carboxylic acids is 1. The summed E-state index contributed by atoms with van der Waals surface area (Å²) in [4.78, 5) is 27.4. The minimum atomic E-state index is -4.99. The molecule has 0 amide bonds. The Labute approximate surface area is 210 Å². The Balaban J connectivity index is 1.52. The molecule has 1 saturated carbocycles. The highest BCUT2D eigenvalue weighted by Crippen LogP contribution is 2.41. The lowest BCUT2D eigenvalue weighted by Gasteiger charge is -2.33. The number of halogens is 3. The van der Waals surface area contributed by atoms with Crippen LogP contribution in [0.15, 0.2) is 45.6 Å². The van der Waals surface area contributed by atoms with E-state index in [0.717, 1.165) is 25.7 Å². The maximum absolute atomic E-state index is 14.1. The summed E-state index contributed by atoms with van der Waals surface area (Å²) in [5.41, 5.74) is -0.472. The first-order chi connectivity index (χ1) is 17.8. The van der Waals surface area contributed by atoms with Crippen LogP contribution in [0.3, 0.4) is 0 Å². The standard InChI is InChI=1S/C27H26F3NO6/c1-2-13-34-26(33)16-7-9-18(10-8-16)36-24-22(32)19-11-12-21-20(23(19)37-25(24)27(28,29)30)14-31(15-35-21)17-5-3-4-6-17/h7-12,17H,2-6,13-15H2,1H3. The molecular formula is C27H26F3NO6. The Morgan fingerprint density at radius 1 is 1.11 bits per heavy atom. The van der Waals surface area contributed by atoms with E-state index in [2.05, 4.69) is 4.90 Å². The number of benzene rings is 2. The Morgan fingerprint density at radius 2 is 1.84 bits per heavy atom. The van der Waals surface area contributed by atoms with Crippen molar-refractivity contribution in [2.45, 2.75) is 57.8 Å². The SMILES string of the molecule is CCCOC(=O)c1ccc(Oc2c(C(F)(F)F)oc3c4c(ccc3c2=O)OCN(C2CCCC2)C4)cc1. The molecule has 2 aliphatic rings. The molecule has 1 aliphatic heterocycles. The molecule has 1 aromatic heterocycles. The van der Waals surface area contributed by atoms with E-state index in [-0.39, 0.29) is 34.9 Å². The third-order valence-corrected chi connectivity index (χ3v) is 6.67. The van der Waals surface area contributed by atoms with Crippen LogP contribution in [0.25, 0.3) is 11.0 Å². The molecule has 2 aromatic carbocycles. The number of ether oxygens (including phenoxy) is 3. The fourth-order valence-corrected chi connectivity index (χ4v) is 4.80. The molecule has 7 nitrogen and oxygen atoms in total. The Bertz CT molecular complexity index is 1360. The quantitative estimate of drug-likeness (QED) is 0.357. The molecule has 10 heteroatoms. The van der Waals surface area contributed by atoms with Gasteiger partial charge in [0.05, 0.1) is 23.1 Å². The van der Waals surface area contributed by atoms with Crippen molar-refractivity contribution in [3.05, 3.63) is 63.5 Å².